The van der Waals surface area contributed by atoms with Crippen LogP contribution in [0.1, 0.15) is 60.4 Å². The van der Waals surface area contributed by atoms with Crippen LogP contribution in [0.25, 0.3) is 0 Å². The van der Waals surface area contributed by atoms with Gasteiger partial charge >= 0.3 is 6.18 Å². The zero-order valence-electron chi connectivity index (χ0n) is 19.7. The summed E-state index contributed by atoms with van der Waals surface area (Å²) in [7, 11) is 0. The second-order valence-electron chi connectivity index (χ2n) is 10.3. The molecule has 5 rings (SSSR count). The fourth-order valence-electron chi connectivity index (χ4n) is 6.20. The Morgan fingerprint density at radius 3 is 2.51 bits per heavy atom. The van der Waals surface area contributed by atoms with Crippen molar-refractivity contribution in [3.63, 3.8) is 0 Å². The summed E-state index contributed by atoms with van der Waals surface area (Å²) in [5.74, 6) is 0.273. The highest BCUT2D eigenvalue weighted by molar-refractivity contribution is 5.83. The van der Waals surface area contributed by atoms with Crippen LogP contribution in [0.2, 0.25) is 0 Å². The second-order valence-corrected chi connectivity index (χ2v) is 10.3. The quantitative estimate of drug-likeness (QED) is 0.542. The first-order chi connectivity index (χ1) is 16.8. The molecular formula is C27H31F4N3O. The molecule has 0 bridgehead atoms. The molecule has 0 spiro atoms. The molecule has 0 N–H and O–H groups in total. The van der Waals surface area contributed by atoms with E-state index in [4.69, 9.17) is 0 Å². The fraction of sp³-hybridized carbons (Fsp3) is 0.556. The number of amides is 1. The van der Waals surface area contributed by atoms with Gasteiger partial charge in [0.25, 0.3) is 0 Å². The lowest BCUT2D eigenvalue weighted by atomic mass is 9.84. The van der Waals surface area contributed by atoms with Gasteiger partial charge in [0.2, 0.25) is 5.91 Å². The maximum absolute atomic E-state index is 14.5. The Balaban J connectivity index is 1.23. The smallest absolute Gasteiger partial charge is 0.337 e. The van der Waals surface area contributed by atoms with Gasteiger partial charge in [-0.1, -0.05) is 30.3 Å². The number of nitrogens with zero attached hydrogens (tertiary/aromatic N) is 3. The minimum absolute atomic E-state index is 0.0555. The molecule has 1 aromatic carbocycles. The first kappa shape index (κ1) is 24.2. The summed E-state index contributed by atoms with van der Waals surface area (Å²) >= 11 is 0. The molecule has 1 aliphatic carbocycles. The van der Waals surface area contributed by atoms with Gasteiger partial charge in [0.15, 0.2) is 0 Å². The first-order valence-electron chi connectivity index (χ1n) is 12.5. The molecule has 1 saturated heterocycles. The molecule has 0 radical (unpaired) electrons. The van der Waals surface area contributed by atoms with Gasteiger partial charge in [-0.2, -0.15) is 13.2 Å². The Morgan fingerprint density at radius 1 is 1.09 bits per heavy atom. The van der Waals surface area contributed by atoms with E-state index in [0.29, 0.717) is 43.0 Å². The van der Waals surface area contributed by atoms with Crippen molar-refractivity contribution >= 4 is 5.91 Å². The number of carbonyl (C=O) groups is 1. The molecule has 2 aliphatic heterocycles. The zero-order chi connectivity index (χ0) is 24.6. The Morgan fingerprint density at radius 2 is 1.83 bits per heavy atom. The number of piperidine rings is 1. The highest BCUT2D eigenvalue weighted by Crippen LogP contribution is 2.44. The number of carbonyl (C=O) groups excluding carboxylic acids is 1. The lowest BCUT2D eigenvalue weighted by Gasteiger charge is -2.38. The molecule has 3 aliphatic rings. The minimum Gasteiger partial charge on any atom is -0.337 e. The number of benzene rings is 1. The van der Waals surface area contributed by atoms with E-state index < -0.39 is 23.8 Å². The predicted octanol–water partition coefficient (Wildman–Crippen LogP) is 5.37. The second kappa shape index (κ2) is 9.52. The topological polar surface area (TPSA) is 36.4 Å². The summed E-state index contributed by atoms with van der Waals surface area (Å²) in [6, 6.07) is 11.8. The maximum Gasteiger partial charge on any atom is 0.417 e. The molecule has 8 heteroatoms. The van der Waals surface area contributed by atoms with E-state index in [1.807, 2.05) is 6.07 Å². The molecule has 2 unspecified atom stereocenters. The van der Waals surface area contributed by atoms with Crippen molar-refractivity contribution in [1.82, 2.24) is 14.8 Å². The van der Waals surface area contributed by atoms with Crippen molar-refractivity contribution in [1.29, 1.82) is 0 Å². The van der Waals surface area contributed by atoms with E-state index >= 15 is 0 Å². The number of aromatic nitrogens is 1. The van der Waals surface area contributed by atoms with Gasteiger partial charge in [-0.15, -0.1) is 0 Å². The lowest BCUT2D eigenvalue weighted by molar-refractivity contribution is -0.144. The van der Waals surface area contributed by atoms with Crippen LogP contribution in [-0.2, 0) is 23.9 Å². The molecule has 2 atom stereocenters. The summed E-state index contributed by atoms with van der Waals surface area (Å²) in [4.78, 5) is 21.5. The van der Waals surface area contributed by atoms with Gasteiger partial charge < -0.3 is 9.80 Å². The van der Waals surface area contributed by atoms with Crippen LogP contribution in [0.5, 0.6) is 0 Å². The van der Waals surface area contributed by atoms with Crippen LogP contribution in [-0.4, -0.2) is 53.0 Å². The van der Waals surface area contributed by atoms with Crippen LogP contribution < -0.4 is 0 Å². The summed E-state index contributed by atoms with van der Waals surface area (Å²) < 4.78 is 53.9. The number of pyridine rings is 1. The zero-order valence-corrected chi connectivity index (χ0v) is 19.7. The molecule has 2 aromatic rings. The number of fused-ring (bicyclic) bond motifs is 1. The van der Waals surface area contributed by atoms with Gasteiger partial charge in [0.1, 0.15) is 6.67 Å². The van der Waals surface area contributed by atoms with Gasteiger partial charge in [0.05, 0.1) is 11.0 Å². The highest BCUT2D eigenvalue weighted by Gasteiger charge is 2.49. The summed E-state index contributed by atoms with van der Waals surface area (Å²) in [6.45, 7) is 1.56. The molecule has 1 saturated carbocycles. The molecule has 35 heavy (non-hydrogen) atoms. The monoisotopic (exact) mass is 489 g/mol. The van der Waals surface area contributed by atoms with E-state index in [-0.39, 0.29) is 18.5 Å². The van der Waals surface area contributed by atoms with Crippen LogP contribution in [0.3, 0.4) is 0 Å². The van der Waals surface area contributed by atoms with Crippen molar-refractivity contribution in [3.05, 3.63) is 65.0 Å². The van der Waals surface area contributed by atoms with Gasteiger partial charge in [-0.25, -0.2) is 4.39 Å². The van der Waals surface area contributed by atoms with Crippen molar-refractivity contribution in [2.45, 2.75) is 63.2 Å². The van der Waals surface area contributed by atoms with E-state index in [1.54, 1.807) is 4.90 Å². The van der Waals surface area contributed by atoms with Crippen LogP contribution in [0, 0.1) is 5.41 Å². The van der Waals surface area contributed by atoms with E-state index in [2.05, 4.69) is 34.1 Å². The third kappa shape index (κ3) is 4.82. The number of hydrogen-bond donors (Lipinski definition) is 0. The molecule has 188 valence electrons. The Bertz CT molecular complexity index is 1050. The largest absolute Gasteiger partial charge is 0.417 e. The third-order valence-corrected chi connectivity index (χ3v) is 8.26. The molecule has 3 heterocycles. The molecular weight excluding hydrogens is 458 g/mol. The summed E-state index contributed by atoms with van der Waals surface area (Å²) in [5, 5.41) is 0. The lowest BCUT2D eigenvalue weighted by Crippen LogP contribution is -2.47. The van der Waals surface area contributed by atoms with Crippen LogP contribution in [0.15, 0.2) is 42.6 Å². The summed E-state index contributed by atoms with van der Waals surface area (Å²) in [5.41, 5.74) is 0.465. The van der Waals surface area contributed by atoms with Gasteiger partial charge in [0, 0.05) is 37.4 Å². The maximum atomic E-state index is 14.5. The molecule has 1 amide bonds. The predicted molar refractivity (Wildman–Crippen MR) is 124 cm³/mol. The number of alkyl halides is 4. The number of hydrogen-bond acceptors (Lipinski definition) is 3. The fourth-order valence-corrected chi connectivity index (χ4v) is 6.20. The van der Waals surface area contributed by atoms with Gasteiger partial charge in [-0.05, 0) is 68.3 Å². The molecule has 4 nitrogen and oxygen atoms in total. The Kier molecular flexibility index (Phi) is 6.59. The van der Waals surface area contributed by atoms with Crippen LogP contribution >= 0.6 is 0 Å². The van der Waals surface area contributed by atoms with Crippen molar-refractivity contribution < 1.29 is 22.4 Å². The molecule has 2 fully saturated rings. The minimum atomic E-state index is -4.49. The van der Waals surface area contributed by atoms with E-state index in [0.717, 1.165) is 44.6 Å². The number of halogens is 4. The van der Waals surface area contributed by atoms with Crippen LogP contribution in [0.4, 0.5) is 17.6 Å². The Labute approximate surface area is 203 Å². The average Bonchev–Trinajstić information content (AvgIpc) is 3.33. The van der Waals surface area contributed by atoms with Crippen molar-refractivity contribution in [3.8, 4) is 0 Å². The normalized spacial score (nSPS) is 26.1. The highest BCUT2D eigenvalue weighted by atomic mass is 19.4. The average molecular weight is 490 g/mol. The van der Waals surface area contributed by atoms with Gasteiger partial charge in [-0.3, -0.25) is 9.78 Å². The Hall–Kier alpha value is -2.48. The van der Waals surface area contributed by atoms with E-state index in [1.165, 1.54) is 5.56 Å². The van der Waals surface area contributed by atoms with Crippen molar-refractivity contribution in [2.75, 3.05) is 26.3 Å². The standard InChI is InChI=1S/C27H31F4N3O/c28-18-26(25(35)34-13-9-24-21(17-34)14-22(16-32-24)27(29,30)31)10-6-23(15-26)33-11-7-20(8-12-33)19-4-2-1-3-5-19/h1-5,14,16,20,23H,6-13,15,17-18H2. The SMILES string of the molecule is O=C(N1CCc2ncc(C(F)(F)F)cc2C1)C1(CF)CCC(N2CCC(c3ccccc3)CC2)C1. The van der Waals surface area contributed by atoms with E-state index in [9.17, 15) is 22.4 Å². The first-order valence-corrected chi connectivity index (χ1v) is 12.5. The van der Waals surface area contributed by atoms with Crippen molar-refractivity contribution in [2.24, 2.45) is 5.41 Å². The third-order valence-electron chi connectivity index (χ3n) is 8.26. The summed E-state index contributed by atoms with van der Waals surface area (Å²) in [6.07, 6.45) is 0.582. The number of rotatable bonds is 4. The number of likely N-dealkylation sites (tertiary alicyclic amines) is 1. The molecule has 1 aromatic heterocycles.